The standard InChI is InChI=1S/C30H34Cl2N2O2/c1-2-28(30(36)33-25-12-4-3-5-13-25)34(20-23-15-17-24(31)19-27(23)32)29(35)18-16-22-11-8-10-21-9-6-7-14-26(21)22/h6-11,14-15,17,19,25,28H,2-5,12-13,16,18,20H2,1H3,(H,33,36)/t28-/m1/s1. The predicted molar refractivity (Wildman–Crippen MR) is 148 cm³/mol. The lowest BCUT2D eigenvalue weighted by Crippen LogP contribution is -2.51. The molecule has 190 valence electrons. The van der Waals surface area contributed by atoms with E-state index in [9.17, 15) is 9.59 Å². The van der Waals surface area contributed by atoms with E-state index in [1.165, 1.54) is 6.42 Å². The van der Waals surface area contributed by atoms with E-state index in [4.69, 9.17) is 23.2 Å². The smallest absolute Gasteiger partial charge is 0.243 e. The zero-order valence-electron chi connectivity index (χ0n) is 20.8. The summed E-state index contributed by atoms with van der Waals surface area (Å²) in [6.45, 7) is 2.22. The summed E-state index contributed by atoms with van der Waals surface area (Å²) < 4.78 is 0. The van der Waals surface area contributed by atoms with Gasteiger partial charge in [0.2, 0.25) is 11.8 Å². The molecule has 0 spiro atoms. The van der Waals surface area contributed by atoms with Crippen LogP contribution in [0.15, 0.2) is 60.7 Å². The molecule has 0 aromatic heterocycles. The Bertz CT molecular complexity index is 1200. The SMILES string of the molecule is CC[C@H](C(=O)NC1CCCCC1)N(Cc1ccc(Cl)cc1Cl)C(=O)CCc1cccc2ccccc12. The molecule has 1 atom stereocenters. The highest BCUT2D eigenvalue weighted by Gasteiger charge is 2.30. The second kappa shape index (κ2) is 12.6. The summed E-state index contributed by atoms with van der Waals surface area (Å²) in [4.78, 5) is 28.8. The van der Waals surface area contributed by atoms with Crippen LogP contribution < -0.4 is 5.32 Å². The first-order chi connectivity index (χ1) is 17.5. The van der Waals surface area contributed by atoms with Gasteiger partial charge in [-0.05, 0) is 59.7 Å². The summed E-state index contributed by atoms with van der Waals surface area (Å²) in [5.74, 6) is -0.132. The van der Waals surface area contributed by atoms with Crippen molar-refractivity contribution in [2.45, 2.75) is 76.9 Å². The molecule has 6 heteroatoms. The fraction of sp³-hybridized carbons (Fsp3) is 0.400. The van der Waals surface area contributed by atoms with Gasteiger partial charge in [0.25, 0.3) is 0 Å². The van der Waals surface area contributed by atoms with Crippen LogP contribution in [0.5, 0.6) is 0 Å². The van der Waals surface area contributed by atoms with Gasteiger partial charge in [-0.1, -0.05) is 97.9 Å². The number of nitrogens with one attached hydrogen (secondary N) is 1. The van der Waals surface area contributed by atoms with Crippen LogP contribution in [-0.2, 0) is 22.6 Å². The number of benzene rings is 3. The van der Waals surface area contributed by atoms with Crippen LogP contribution in [-0.4, -0.2) is 28.8 Å². The molecule has 1 saturated carbocycles. The van der Waals surface area contributed by atoms with Crippen LogP contribution in [0.1, 0.15) is 63.0 Å². The largest absolute Gasteiger partial charge is 0.352 e. The molecular weight excluding hydrogens is 491 g/mol. The third-order valence-corrected chi connectivity index (χ3v) is 7.77. The third-order valence-electron chi connectivity index (χ3n) is 7.18. The molecule has 1 aliphatic carbocycles. The summed E-state index contributed by atoms with van der Waals surface area (Å²) in [5, 5.41) is 6.58. The number of halogens is 2. The van der Waals surface area contributed by atoms with Gasteiger partial charge in [-0.25, -0.2) is 0 Å². The van der Waals surface area contributed by atoms with Gasteiger partial charge in [0.15, 0.2) is 0 Å². The van der Waals surface area contributed by atoms with Gasteiger partial charge >= 0.3 is 0 Å². The second-order valence-electron chi connectivity index (χ2n) is 9.66. The van der Waals surface area contributed by atoms with E-state index in [1.807, 2.05) is 31.2 Å². The summed E-state index contributed by atoms with van der Waals surface area (Å²) in [5.41, 5.74) is 1.91. The van der Waals surface area contributed by atoms with Gasteiger partial charge in [0.1, 0.15) is 6.04 Å². The Morgan fingerprint density at radius 3 is 2.47 bits per heavy atom. The van der Waals surface area contributed by atoms with Gasteiger partial charge in [0, 0.05) is 29.1 Å². The minimum atomic E-state index is -0.557. The Balaban J connectivity index is 1.55. The van der Waals surface area contributed by atoms with Crippen LogP contribution in [0.25, 0.3) is 10.8 Å². The van der Waals surface area contributed by atoms with Crippen LogP contribution in [0, 0.1) is 0 Å². The summed E-state index contributed by atoms with van der Waals surface area (Å²) >= 11 is 12.6. The Morgan fingerprint density at radius 1 is 0.972 bits per heavy atom. The molecule has 3 aromatic rings. The van der Waals surface area contributed by atoms with E-state index >= 15 is 0 Å². The number of carbonyl (C=O) groups is 2. The zero-order valence-corrected chi connectivity index (χ0v) is 22.3. The minimum absolute atomic E-state index is 0.0559. The van der Waals surface area contributed by atoms with Crippen molar-refractivity contribution in [3.63, 3.8) is 0 Å². The van der Waals surface area contributed by atoms with Gasteiger partial charge in [-0.3, -0.25) is 9.59 Å². The number of nitrogens with zero attached hydrogens (tertiary/aromatic N) is 1. The normalized spacial score (nSPS) is 15.0. The summed E-state index contributed by atoms with van der Waals surface area (Å²) in [6.07, 6.45) is 6.94. The predicted octanol–water partition coefficient (Wildman–Crippen LogP) is 7.34. The van der Waals surface area contributed by atoms with E-state index in [0.29, 0.717) is 29.3 Å². The first kappa shape index (κ1) is 26.5. The highest BCUT2D eigenvalue weighted by atomic mass is 35.5. The number of hydrogen-bond donors (Lipinski definition) is 1. The molecule has 0 unspecified atom stereocenters. The van der Waals surface area contributed by atoms with Crippen LogP contribution in [0.2, 0.25) is 10.0 Å². The Morgan fingerprint density at radius 2 is 1.72 bits per heavy atom. The lowest BCUT2D eigenvalue weighted by molar-refractivity contribution is -0.141. The molecule has 4 nitrogen and oxygen atoms in total. The molecule has 1 aliphatic rings. The summed E-state index contributed by atoms with van der Waals surface area (Å²) in [6, 6.07) is 19.3. The lowest BCUT2D eigenvalue weighted by atomic mass is 9.95. The van der Waals surface area contributed by atoms with Gasteiger partial charge in [0.05, 0.1) is 0 Å². The van der Waals surface area contributed by atoms with Crippen LogP contribution in [0.3, 0.4) is 0 Å². The number of carbonyl (C=O) groups excluding carboxylic acids is 2. The Hall–Kier alpha value is -2.56. The van der Waals surface area contributed by atoms with E-state index in [2.05, 4.69) is 29.6 Å². The molecule has 1 N–H and O–H groups in total. The maximum atomic E-state index is 13.7. The molecule has 36 heavy (non-hydrogen) atoms. The van der Waals surface area contributed by atoms with Crippen molar-refractivity contribution < 1.29 is 9.59 Å². The van der Waals surface area contributed by atoms with Crippen LogP contribution in [0.4, 0.5) is 0 Å². The van der Waals surface area contributed by atoms with Gasteiger partial charge < -0.3 is 10.2 Å². The first-order valence-corrected chi connectivity index (χ1v) is 13.7. The van der Waals surface area contributed by atoms with Gasteiger partial charge in [-0.15, -0.1) is 0 Å². The van der Waals surface area contributed by atoms with Crippen LogP contribution >= 0.6 is 23.2 Å². The molecule has 3 aromatic carbocycles. The lowest BCUT2D eigenvalue weighted by Gasteiger charge is -2.33. The van der Waals surface area contributed by atoms with E-state index in [-0.39, 0.29) is 24.4 Å². The van der Waals surface area contributed by atoms with E-state index in [1.54, 1.807) is 17.0 Å². The average Bonchev–Trinajstić information content (AvgIpc) is 2.89. The quantitative estimate of drug-likeness (QED) is 0.318. The molecule has 1 fully saturated rings. The second-order valence-corrected chi connectivity index (χ2v) is 10.5. The maximum absolute atomic E-state index is 13.7. The fourth-order valence-electron chi connectivity index (χ4n) is 5.19. The number of hydrogen-bond acceptors (Lipinski definition) is 2. The monoisotopic (exact) mass is 524 g/mol. The number of amides is 2. The topological polar surface area (TPSA) is 49.4 Å². The maximum Gasteiger partial charge on any atom is 0.243 e. The molecule has 0 saturated heterocycles. The molecular formula is C30H34Cl2N2O2. The average molecular weight is 526 g/mol. The number of aryl methyl sites for hydroxylation is 1. The Labute approximate surface area is 224 Å². The minimum Gasteiger partial charge on any atom is -0.352 e. The number of fused-ring (bicyclic) bond motifs is 1. The molecule has 0 heterocycles. The fourth-order valence-corrected chi connectivity index (χ4v) is 5.66. The van der Waals surface area contributed by atoms with Crippen molar-refractivity contribution in [2.75, 3.05) is 0 Å². The number of rotatable bonds is 9. The third kappa shape index (κ3) is 6.60. The molecule has 0 radical (unpaired) electrons. The van der Waals surface area contributed by atoms with Gasteiger partial charge in [-0.2, -0.15) is 0 Å². The first-order valence-electron chi connectivity index (χ1n) is 13.0. The Kier molecular flexibility index (Phi) is 9.28. The van der Waals surface area contributed by atoms with Crippen molar-refractivity contribution in [1.82, 2.24) is 10.2 Å². The summed E-state index contributed by atoms with van der Waals surface area (Å²) in [7, 11) is 0. The zero-order chi connectivity index (χ0) is 25.5. The molecule has 2 amide bonds. The molecule has 0 aliphatic heterocycles. The molecule has 0 bridgehead atoms. The highest BCUT2D eigenvalue weighted by Crippen LogP contribution is 2.26. The van der Waals surface area contributed by atoms with E-state index < -0.39 is 6.04 Å². The van der Waals surface area contributed by atoms with Crippen molar-refractivity contribution in [3.8, 4) is 0 Å². The highest BCUT2D eigenvalue weighted by molar-refractivity contribution is 6.35. The molecule has 4 rings (SSSR count). The van der Waals surface area contributed by atoms with Crippen molar-refractivity contribution >= 4 is 45.8 Å². The van der Waals surface area contributed by atoms with Crippen molar-refractivity contribution in [3.05, 3.63) is 81.8 Å². The van der Waals surface area contributed by atoms with E-state index in [0.717, 1.165) is 47.6 Å². The van der Waals surface area contributed by atoms with Crippen molar-refractivity contribution in [1.29, 1.82) is 0 Å². The van der Waals surface area contributed by atoms with Crippen molar-refractivity contribution in [2.24, 2.45) is 0 Å².